The molecule has 0 saturated carbocycles. The zero-order chi connectivity index (χ0) is 14.3. The molecule has 1 aromatic heterocycles. The molecule has 1 unspecified atom stereocenters. The van der Waals surface area contributed by atoms with Crippen LogP contribution in [-0.4, -0.2) is 11.1 Å². The SMILES string of the molecule is CCCCCCC(C)Oc1cc(C)nc(C)c1C#N. The molecule has 3 heteroatoms. The van der Waals surface area contributed by atoms with Crippen LogP contribution in [0.5, 0.6) is 5.75 Å². The second-order valence-electron chi connectivity index (χ2n) is 5.11. The molecule has 1 atom stereocenters. The maximum absolute atomic E-state index is 9.18. The zero-order valence-electron chi connectivity index (χ0n) is 12.5. The molecule has 1 rings (SSSR count). The molecule has 0 bridgehead atoms. The zero-order valence-corrected chi connectivity index (χ0v) is 12.5. The molecule has 0 aliphatic heterocycles. The van der Waals surface area contributed by atoms with Gasteiger partial charge in [-0.2, -0.15) is 5.26 Å². The van der Waals surface area contributed by atoms with Crippen LogP contribution in [0.2, 0.25) is 0 Å². The van der Waals surface area contributed by atoms with Crippen molar-refractivity contribution in [3.05, 3.63) is 23.0 Å². The number of pyridine rings is 1. The summed E-state index contributed by atoms with van der Waals surface area (Å²) >= 11 is 0. The van der Waals surface area contributed by atoms with E-state index in [0.717, 1.165) is 17.8 Å². The van der Waals surface area contributed by atoms with Crippen molar-refractivity contribution in [1.29, 1.82) is 5.26 Å². The van der Waals surface area contributed by atoms with Crippen LogP contribution in [0.1, 0.15) is 62.9 Å². The molecule has 1 aromatic rings. The van der Waals surface area contributed by atoms with E-state index in [0.29, 0.717) is 11.3 Å². The third-order valence-electron chi connectivity index (χ3n) is 3.20. The summed E-state index contributed by atoms with van der Waals surface area (Å²) in [6.45, 7) is 8.05. The fraction of sp³-hybridized carbons (Fsp3) is 0.625. The molecular formula is C16H24N2O. The summed E-state index contributed by atoms with van der Waals surface area (Å²) in [5.41, 5.74) is 2.20. The summed E-state index contributed by atoms with van der Waals surface area (Å²) in [6.07, 6.45) is 6.14. The molecule has 1 heterocycles. The first-order valence-electron chi connectivity index (χ1n) is 7.13. The van der Waals surface area contributed by atoms with Crippen molar-refractivity contribution in [2.24, 2.45) is 0 Å². The van der Waals surface area contributed by atoms with Crippen molar-refractivity contribution in [2.75, 3.05) is 0 Å². The van der Waals surface area contributed by atoms with E-state index >= 15 is 0 Å². The summed E-state index contributed by atoms with van der Waals surface area (Å²) in [5, 5.41) is 9.18. The number of nitrogens with zero attached hydrogens (tertiary/aromatic N) is 2. The summed E-state index contributed by atoms with van der Waals surface area (Å²) < 4.78 is 5.92. The normalized spacial score (nSPS) is 11.9. The molecule has 0 N–H and O–H groups in total. The number of hydrogen-bond acceptors (Lipinski definition) is 3. The van der Waals surface area contributed by atoms with Gasteiger partial charge in [-0.3, -0.25) is 4.98 Å². The Hall–Kier alpha value is -1.56. The molecule has 0 aromatic carbocycles. The van der Waals surface area contributed by atoms with Gasteiger partial charge in [0.05, 0.1) is 11.8 Å². The van der Waals surface area contributed by atoms with Crippen LogP contribution in [0.3, 0.4) is 0 Å². The molecule has 3 nitrogen and oxygen atoms in total. The quantitative estimate of drug-likeness (QED) is 0.686. The van der Waals surface area contributed by atoms with Gasteiger partial charge in [0.15, 0.2) is 0 Å². The van der Waals surface area contributed by atoms with E-state index in [1.54, 1.807) is 0 Å². The Morgan fingerprint density at radius 2 is 2.05 bits per heavy atom. The van der Waals surface area contributed by atoms with E-state index in [-0.39, 0.29) is 6.10 Å². The Morgan fingerprint density at radius 1 is 1.32 bits per heavy atom. The summed E-state index contributed by atoms with van der Waals surface area (Å²) in [7, 11) is 0. The highest BCUT2D eigenvalue weighted by molar-refractivity contribution is 5.46. The van der Waals surface area contributed by atoms with E-state index in [2.05, 4.69) is 24.9 Å². The van der Waals surface area contributed by atoms with Gasteiger partial charge in [-0.1, -0.05) is 26.2 Å². The molecule has 0 amide bonds. The minimum atomic E-state index is 0.144. The monoisotopic (exact) mass is 260 g/mol. The van der Waals surface area contributed by atoms with Crippen molar-refractivity contribution in [1.82, 2.24) is 4.98 Å². The number of ether oxygens (including phenoxy) is 1. The van der Waals surface area contributed by atoms with Crippen LogP contribution in [0.4, 0.5) is 0 Å². The van der Waals surface area contributed by atoms with Gasteiger partial charge < -0.3 is 4.74 Å². The summed E-state index contributed by atoms with van der Waals surface area (Å²) in [4.78, 5) is 4.30. The lowest BCUT2D eigenvalue weighted by molar-refractivity contribution is 0.205. The molecule has 0 aliphatic carbocycles. The predicted molar refractivity (Wildman–Crippen MR) is 77.3 cm³/mol. The smallest absolute Gasteiger partial charge is 0.141 e. The van der Waals surface area contributed by atoms with Gasteiger partial charge in [-0.05, 0) is 33.6 Å². The number of rotatable bonds is 7. The number of unbranched alkanes of at least 4 members (excludes halogenated alkanes) is 3. The van der Waals surface area contributed by atoms with E-state index < -0.39 is 0 Å². The Morgan fingerprint density at radius 3 is 2.68 bits per heavy atom. The lowest BCUT2D eigenvalue weighted by Gasteiger charge is -2.16. The number of aryl methyl sites for hydroxylation is 2. The van der Waals surface area contributed by atoms with Crippen LogP contribution >= 0.6 is 0 Å². The predicted octanol–water partition coefficient (Wildman–Crippen LogP) is 4.31. The van der Waals surface area contributed by atoms with Gasteiger partial charge in [0, 0.05) is 11.8 Å². The molecule has 0 fully saturated rings. The van der Waals surface area contributed by atoms with E-state index in [9.17, 15) is 5.26 Å². The first-order valence-corrected chi connectivity index (χ1v) is 7.13. The largest absolute Gasteiger partial charge is 0.489 e. The van der Waals surface area contributed by atoms with Gasteiger partial charge in [-0.15, -0.1) is 0 Å². The molecule has 0 aliphatic rings. The standard InChI is InChI=1S/C16H24N2O/c1-5-6-7-8-9-13(3)19-16-10-12(2)18-14(4)15(16)11-17/h10,13H,5-9H2,1-4H3. The third-order valence-corrected chi connectivity index (χ3v) is 3.20. The molecule has 19 heavy (non-hydrogen) atoms. The van der Waals surface area contributed by atoms with E-state index in [1.165, 1.54) is 25.7 Å². The number of hydrogen-bond donors (Lipinski definition) is 0. The van der Waals surface area contributed by atoms with E-state index in [1.807, 2.05) is 19.9 Å². The second kappa shape index (κ2) is 7.78. The lowest BCUT2D eigenvalue weighted by atomic mass is 10.1. The maximum Gasteiger partial charge on any atom is 0.141 e. The second-order valence-corrected chi connectivity index (χ2v) is 5.11. The van der Waals surface area contributed by atoms with Crippen LogP contribution in [0.25, 0.3) is 0 Å². The fourth-order valence-electron chi connectivity index (χ4n) is 2.16. The molecule has 0 radical (unpaired) electrons. The van der Waals surface area contributed by atoms with Crippen LogP contribution in [0.15, 0.2) is 6.07 Å². The van der Waals surface area contributed by atoms with Gasteiger partial charge >= 0.3 is 0 Å². The van der Waals surface area contributed by atoms with Crippen molar-refractivity contribution < 1.29 is 4.74 Å². The highest BCUT2D eigenvalue weighted by atomic mass is 16.5. The molecular weight excluding hydrogens is 236 g/mol. The van der Waals surface area contributed by atoms with Crippen LogP contribution in [0, 0.1) is 25.2 Å². The number of aromatic nitrogens is 1. The summed E-state index contributed by atoms with van der Waals surface area (Å²) in [6, 6.07) is 4.04. The van der Waals surface area contributed by atoms with Crippen LogP contribution < -0.4 is 4.74 Å². The van der Waals surface area contributed by atoms with Gasteiger partial charge in [-0.25, -0.2) is 0 Å². The molecule has 0 spiro atoms. The van der Waals surface area contributed by atoms with Crippen molar-refractivity contribution in [2.45, 2.75) is 65.9 Å². The third kappa shape index (κ3) is 4.90. The Labute approximate surface area is 116 Å². The van der Waals surface area contributed by atoms with Crippen molar-refractivity contribution >= 4 is 0 Å². The fourth-order valence-corrected chi connectivity index (χ4v) is 2.16. The van der Waals surface area contributed by atoms with Crippen molar-refractivity contribution in [3.63, 3.8) is 0 Å². The molecule has 0 saturated heterocycles. The first kappa shape index (κ1) is 15.5. The Bertz CT molecular complexity index is 449. The lowest BCUT2D eigenvalue weighted by Crippen LogP contribution is -2.13. The average molecular weight is 260 g/mol. The van der Waals surface area contributed by atoms with Gasteiger partial charge in [0.1, 0.15) is 17.4 Å². The molecule has 104 valence electrons. The first-order chi connectivity index (χ1) is 9.08. The highest BCUT2D eigenvalue weighted by Crippen LogP contribution is 2.23. The maximum atomic E-state index is 9.18. The Kier molecular flexibility index (Phi) is 6.35. The number of nitriles is 1. The Balaban J connectivity index is 2.63. The van der Waals surface area contributed by atoms with Gasteiger partial charge in [0.2, 0.25) is 0 Å². The van der Waals surface area contributed by atoms with E-state index in [4.69, 9.17) is 4.74 Å². The minimum Gasteiger partial charge on any atom is -0.489 e. The van der Waals surface area contributed by atoms with Crippen molar-refractivity contribution in [3.8, 4) is 11.8 Å². The average Bonchev–Trinajstić information content (AvgIpc) is 2.34. The topological polar surface area (TPSA) is 45.9 Å². The highest BCUT2D eigenvalue weighted by Gasteiger charge is 2.12. The summed E-state index contributed by atoms with van der Waals surface area (Å²) in [5.74, 6) is 0.676. The van der Waals surface area contributed by atoms with Crippen LogP contribution in [-0.2, 0) is 0 Å². The minimum absolute atomic E-state index is 0.144. The van der Waals surface area contributed by atoms with Gasteiger partial charge in [0.25, 0.3) is 0 Å².